The van der Waals surface area contributed by atoms with Crippen LogP contribution in [-0.2, 0) is 4.74 Å². The van der Waals surface area contributed by atoms with Crippen molar-refractivity contribution in [2.24, 2.45) is 0 Å². The number of hydrogen-bond donors (Lipinski definition) is 2. The third-order valence-corrected chi connectivity index (χ3v) is 3.35. The molecule has 0 atom stereocenters. The summed E-state index contributed by atoms with van der Waals surface area (Å²) in [5, 5.41) is 0. The van der Waals surface area contributed by atoms with Crippen LogP contribution in [0.25, 0.3) is 12.2 Å². The van der Waals surface area contributed by atoms with Gasteiger partial charge in [-0.3, -0.25) is 0 Å². The number of nitrogens with two attached hydrogens (primary N) is 2. The van der Waals surface area contributed by atoms with Gasteiger partial charge in [-0.2, -0.15) is 0 Å². The molecule has 3 heteroatoms. The Balaban J connectivity index is 1.55. The van der Waals surface area contributed by atoms with Gasteiger partial charge in [0.05, 0.1) is 13.2 Å². The summed E-state index contributed by atoms with van der Waals surface area (Å²) >= 11 is 0. The van der Waals surface area contributed by atoms with Crippen LogP contribution in [0.2, 0.25) is 0 Å². The molecule has 2 aromatic carbocycles. The van der Waals surface area contributed by atoms with Crippen molar-refractivity contribution in [1.29, 1.82) is 0 Å². The first-order chi connectivity index (χ1) is 11.2. The second kappa shape index (κ2) is 9.49. The topological polar surface area (TPSA) is 61.3 Å². The van der Waals surface area contributed by atoms with Gasteiger partial charge in [0.15, 0.2) is 0 Å². The van der Waals surface area contributed by atoms with Crippen LogP contribution in [-0.4, -0.2) is 13.2 Å². The van der Waals surface area contributed by atoms with Crippen LogP contribution in [0.4, 0.5) is 11.4 Å². The maximum atomic E-state index is 5.65. The van der Waals surface area contributed by atoms with Crippen molar-refractivity contribution in [2.75, 3.05) is 24.7 Å². The summed E-state index contributed by atoms with van der Waals surface area (Å²) in [4.78, 5) is 0. The van der Waals surface area contributed by atoms with E-state index >= 15 is 0 Å². The molecule has 0 aliphatic carbocycles. The number of nitrogen functional groups attached to an aromatic ring is 2. The minimum absolute atomic E-state index is 0.737. The smallest absolute Gasteiger partial charge is 0.0500 e. The van der Waals surface area contributed by atoms with E-state index in [1.807, 2.05) is 48.5 Å². The fraction of sp³-hybridized carbons (Fsp3) is 0.200. The van der Waals surface area contributed by atoms with Gasteiger partial charge in [-0.25, -0.2) is 0 Å². The van der Waals surface area contributed by atoms with E-state index in [2.05, 4.69) is 24.3 Å². The van der Waals surface area contributed by atoms with Gasteiger partial charge in [-0.15, -0.1) is 0 Å². The van der Waals surface area contributed by atoms with Crippen LogP contribution < -0.4 is 11.5 Å². The Kier molecular flexibility index (Phi) is 6.95. The van der Waals surface area contributed by atoms with E-state index in [1.165, 1.54) is 0 Å². The van der Waals surface area contributed by atoms with Crippen LogP contribution in [0.3, 0.4) is 0 Å². The molecular formula is C20H24N2O. The Bertz CT molecular complexity index is 570. The lowest BCUT2D eigenvalue weighted by Gasteiger charge is -2.00. The Hall–Kier alpha value is -2.52. The summed E-state index contributed by atoms with van der Waals surface area (Å²) in [6.45, 7) is 1.47. The zero-order chi connectivity index (χ0) is 16.3. The normalized spacial score (nSPS) is 11.5. The highest BCUT2D eigenvalue weighted by atomic mass is 16.5. The molecule has 2 rings (SSSR count). The fourth-order valence-electron chi connectivity index (χ4n) is 2.06. The lowest BCUT2D eigenvalue weighted by Crippen LogP contribution is -1.94. The lowest BCUT2D eigenvalue weighted by atomic mass is 10.2. The second-order valence-corrected chi connectivity index (χ2v) is 5.33. The highest BCUT2D eigenvalue weighted by molar-refractivity contribution is 5.54. The van der Waals surface area contributed by atoms with E-state index < -0.39 is 0 Å². The van der Waals surface area contributed by atoms with E-state index in [1.54, 1.807) is 0 Å². The summed E-state index contributed by atoms with van der Waals surface area (Å²) in [5.41, 5.74) is 15.2. The van der Waals surface area contributed by atoms with Crippen molar-refractivity contribution in [3.63, 3.8) is 0 Å². The Morgan fingerprint density at radius 2 is 1.04 bits per heavy atom. The minimum atomic E-state index is 0.737. The first-order valence-corrected chi connectivity index (χ1v) is 7.86. The standard InChI is InChI=1S/C20H24N2O/c21-19-11-7-17(8-12-19)5-1-3-15-23-16-4-2-6-18-9-13-20(22)14-10-18/h1-2,5-14H,3-4,15-16,21-22H2. The van der Waals surface area contributed by atoms with E-state index in [9.17, 15) is 0 Å². The molecule has 0 aliphatic heterocycles. The molecule has 0 aliphatic rings. The van der Waals surface area contributed by atoms with Gasteiger partial charge in [0.25, 0.3) is 0 Å². The Morgan fingerprint density at radius 1 is 0.652 bits per heavy atom. The van der Waals surface area contributed by atoms with Crippen LogP contribution >= 0.6 is 0 Å². The molecule has 0 saturated carbocycles. The molecule has 0 radical (unpaired) electrons. The van der Waals surface area contributed by atoms with Crippen LogP contribution in [0.1, 0.15) is 24.0 Å². The fourth-order valence-corrected chi connectivity index (χ4v) is 2.06. The average molecular weight is 308 g/mol. The summed E-state index contributed by atoms with van der Waals surface area (Å²) in [6, 6.07) is 15.7. The molecular weight excluding hydrogens is 284 g/mol. The molecule has 0 unspecified atom stereocenters. The van der Waals surface area contributed by atoms with Gasteiger partial charge in [0, 0.05) is 11.4 Å². The summed E-state index contributed by atoms with van der Waals surface area (Å²) in [5.74, 6) is 0. The zero-order valence-electron chi connectivity index (χ0n) is 13.3. The second-order valence-electron chi connectivity index (χ2n) is 5.33. The molecule has 0 aromatic heterocycles. The molecule has 0 spiro atoms. The van der Waals surface area contributed by atoms with Gasteiger partial charge in [0.2, 0.25) is 0 Å². The van der Waals surface area contributed by atoms with Crippen molar-refractivity contribution < 1.29 is 4.74 Å². The monoisotopic (exact) mass is 308 g/mol. The Labute approximate surface area is 138 Å². The molecule has 0 bridgehead atoms. The van der Waals surface area contributed by atoms with Gasteiger partial charge in [-0.1, -0.05) is 48.6 Å². The highest BCUT2D eigenvalue weighted by Gasteiger charge is 1.89. The third-order valence-electron chi connectivity index (χ3n) is 3.35. The number of hydrogen-bond acceptors (Lipinski definition) is 3. The SMILES string of the molecule is Nc1ccc(C=CCCOCCC=Cc2ccc(N)cc2)cc1. The molecule has 2 aromatic rings. The van der Waals surface area contributed by atoms with Gasteiger partial charge in [-0.05, 0) is 48.2 Å². The van der Waals surface area contributed by atoms with Crippen LogP contribution in [0.5, 0.6) is 0 Å². The highest BCUT2D eigenvalue weighted by Crippen LogP contribution is 2.08. The molecule has 120 valence electrons. The van der Waals surface area contributed by atoms with Gasteiger partial charge < -0.3 is 16.2 Å². The van der Waals surface area contributed by atoms with Gasteiger partial charge >= 0.3 is 0 Å². The van der Waals surface area contributed by atoms with Crippen molar-refractivity contribution in [2.45, 2.75) is 12.8 Å². The lowest BCUT2D eigenvalue weighted by molar-refractivity contribution is 0.143. The van der Waals surface area contributed by atoms with Crippen molar-refractivity contribution >= 4 is 23.5 Å². The Morgan fingerprint density at radius 3 is 1.43 bits per heavy atom. The summed E-state index contributed by atoms with van der Waals surface area (Å²) in [7, 11) is 0. The zero-order valence-corrected chi connectivity index (χ0v) is 13.3. The van der Waals surface area contributed by atoms with Crippen LogP contribution in [0.15, 0.2) is 60.7 Å². The molecule has 0 fully saturated rings. The number of anilines is 2. The maximum Gasteiger partial charge on any atom is 0.0500 e. The first-order valence-electron chi connectivity index (χ1n) is 7.86. The summed E-state index contributed by atoms with van der Waals surface area (Å²) in [6.07, 6.45) is 10.2. The van der Waals surface area contributed by atoms with Gasteiger partial charge in [0.1, 0.15) is 0 Å². The molecule has 0 saturated heterocycles. The average Bonchev–Trinajstić information content (AvgIpc) is 2.56. The number of benzene rings is 2. The molecule has 4 N–H and O–H groups in total. The predicted octanol–water partition coefficient (Wildman–Crippen LogP) is 4.37. The quantitative estimate of drug-likeness (QED) is 0.562. The van der Waals surface area contributed by atoms with E-state index in [-0.39, 0.29) is 0 Å². The largest absolute Gasteiger partial charge is 0.399 e. The third kappa shape index (κ3) is 6.85. The van der Waals surface area contributed by atoms with Crippen LogP contribution in [0, 0.1) is 0 Å². The summed E-state index contributed by atoms with van der Waals surface area (Å²) < 4.78 is 5.61. The van der Waals surface area contributed by atoms with Crippen molar-refractivity contribution in [1.82, 2.24) is 0 Å². The molecule has 0 amide bonds. The van der Waals surface area contributed by atoms with E-state index in [4.69, 9.17) is 16.2 Å². The van der Waals surface area contributed by atoms with E-state index in [0.717, 1.165) is 48.6 Å². The molecule has 0 heterocycles. The van der Waals surface area contributed by atoms with Crippen molar-refractivity contribution in [3.8, 4) is 0 Å². The predicted molar refractivity (Wildman–Crippen MR) is 99.8 cm³/mol. The van der Waals surface area contributed by atoms with E-state index in [0.29, 0.717) is 0 Å². The number of rotatable bonds is 8. The first kappa shape index (κ1) is 16.8. The maximum absolute atomic E-state index is 5.65. The minimum Gasteiger partial charge on any atom is -0.399 e. The van der Waals surface area contributed by atoms with Crippen molar-refractivity contribution in [3.05, 3.63) is 71.8 Å². The molecule has 23 heavy (non-hydrogen) atoms. The molecule has 3 nitrogen and oxygen atoms in total. The number of ether oxygens (including phenoxy) is 1.